The van der Waals surface area contributed by atoms with Crippen LogP contribution in [0, 0.1) is 5.92 Å². The number of fused-ring (bicyclic) bond motifs is 1. The van der Waals surface area contributed by atoms with Gasteiger partial charge in [0.05, 0.1) is 5.52 Å². The van der Waals surface area contributed by atoms with Crippen molar-refractivity contribution in [1.82, 2.24) is 10.3 Å². The maximum atomic E-state index is 11.9. The molecule has 0 saturated heterocycles. The number of carbonyl (C=O) groups excluding carboxylic acids is 1. The van der Waals surface area contributed by atoms with E-state index >= 15 is 0 Å². The van der Waals surface area contributed by atoms with E-state index in [1.54, 1.807) is 6.07 Å². The minimum absolute atomic E-state index is 0.152. The van der Waals surface area contributed by atoms with E-state index in [0.29, 0.717) is 18.8 Å². The van der Waals surface area contributed by atoms with Crippen LogP contribution in [0.5, 0.6) is 0 Å². The van der Waals surface area contributed by atoms with Crippen LogP contribution in [-0.2, 0) is 0 Å². The molecule has 1 aromatic carbocycles. The quantitative estimate of drug-likeness (QED) is 0.856. The first-order chi connectivity index (χ1) is 8.70. The summed E-state index contributed by atoms with van der Waals surface area (Å²) >= 11 is 0. The molecule has 18 heavy (non-hydrogen) atoms. The summed E-state index contributed by atoms with van der Waals surface area (Å²) in [4.78, 5) is 16.2. The number of benzene rings is 1. The van der Waals surface area contributed by atoms with Crippen LogP contribution in [0.1, 0.15) is 17.4 Å². The molecule has 1 heterocycles. The second-order valence-corrected chi connectivity index (χ2v) is 4.44. The zero-order valence-electron chi connectivity index (χ0n) is 10.4. The highest BCUT2D eigenvalue weighted by molar-refractivity contribution is 5.94. The molecule has 0 aliphatic carbocycles. The zero-order chi connectivity index (χ0) is 13.0. The lowest BCUT2D eigenvalue weighted by atomic mass is 10.1. The fourth-order valence-corrected chi connectivity index (χ4v) is 1.63. The van der Waals surface area contributed by atoms with Crippen LogP contribution in [0.25, 0.3) is 10.9 Å². The highest BCUT2D eigenvalue weighted by Crippen LogP contribution is 2.11. The maximum Gasteiger partial charge on any atom is 0.269 e. The number of nitrogens with one attached hydrogen (secondary N) is 1. The van der Waals surface area contributed by atoms with Gasteiger partial charge in [-0.1, -0.05) is 31.2 Å². The minimum atomic E-state index is -0.152. The van der Waals surface area contributed by atoms with Crippen molar-refractivity contribution in [2.24, 2.45) is 11.7 Å². The lowest BCUT2D eigenvalue weighted by molar-refractivity contribution is 0.0944. The number of pyridine rings is 1. The standard InChI is InChI=1S/C14H17N3O/c1-10(8-15)9-16-14(18)13-7-6-11-4-2-3-5-12(11)17-13/h2-7,10H,8-9,15H2,1H3,(H,16,18). The summed E-state index contributed by atoms with van der Waals surface area (Å²) in [6.07, 6.45) is 0. The van der Waals surface area contributed by atoms with Crippen LogP contribution < -0.4 is 11.1 Å². The van der Waals surface area contributed by atoms with Gasteiger partial charge in [0, 0.05) is 11.9 Å². The highest BCUT2D eigenvalue weighted by Gasteiger charge is 2.08. The number of carbonyl (C=O) groups is 1. The predicted molar refractivity (Wildman–Crippen MR) is 72.3 cm³/mol. The molecule has 1 aromatic heterocycles. The van der Waals surface area contributed by atoms with Gasteiger partial charge in [0.25, 0.3) is 5.91 Å². The number of nitrogens with two attached hydrogens (primary N) is 1. The molecule has 1 atom stereocenters. The molecular weight excluding hydrogens is 226 g/mol. The van der Waals surface area contributed by atoms with E-state index < -0.39 is 0 Å². The fourth-order valence-electron chi connectivity index (χ4n) is 1.63. The summed E-state index contributed by atoms with van der Waals surface area (Å²) in [5, 5.41) is 3.86. The molecule has 0 saturated carbocycles. The Kier molecular flexibility index (Phi) is 3.89. The largest absolute Gasteiger partial charge is 0.350 e. The van der Waals surface area contributed by atoms with Gasteiger partial charge in [-0.25, -0.2) is 4.98 Å². The molecule has 0 radical (unpaired) electrons. The van der Waals surface area contributed by atoms with Crippen molar-refractivity contribution in [2.45, 2.75) is 6.92 Å². The lowest BCUT2D eigenvalue weighted by Crippen LogP contribution is -2.31. The van der Waals surface area contributed by atoms with Gasteiger partial charge in [-0.3, -0.25) is 4.79 Å². The second-order valence-electron chi connectivity index (χ2n) is 4.44. The van der Waals surface area contributed by atoms with E-state index in [0.717, 1.165) is 10.9 Å². The topological polar surface area (TPSA) is 68.0 Å². The molecule has 2 aromatic rings. The van der Waals surface area contributed by atoms with Crippen LogP contribution in [0.2, 0.25) is 0 Å². The Hall–Kier alpha value is -1.94. The van der Waals surface area contributed by atoms with Gasteiger partial charge in [-0.05, 0) is 24.6 Å². The SMILES string of the molecule is CC(CN)CNC(=O)c1ccc2ccccc2n1. The minimum Gasteiger partial charge on any atom is -0.350 e. The van der Waals surface area contributed by atoms with Crippen molar-refractivity contribution in [3.8, 4) is 0 Å². The molecule has 4 nitrogen and oxygen atoms in total. The number of aromatic nitrogens is 1. The van der Waals surface area contributed by atoms with Crippen molar-refractivity contribution < 1.29 is 4.79 Å². The summed E-state index contributed by atoms with van der Waals surface area (Å²) in [6, 6.07) is 11.4. The number of para-hydroxylation sites is 1. The Morgan fingerprint density at radius 2 is 2.11 bits per heavy atom. The van der Waals surface area contributed by atoms with Crippen LogP contribution in [0.4, 0.5) is 0 Å². The summed E-state index contributed by atoms with van der Waals surface area (Å²) in [7, 11) is 0. The Morgan fingerprint density at radius 1 is 1.33 bits per heavy atom. The highest BCUT2D eigenvalue weighted by atomic mass is 16.1. The fraction of sp³-hybridized carbons (Fsp3) is 0.286. The monoisotopic (exact) mass is 243 g/mol. The van der Waals surface area contributed by atoms with E-state index in [-0.39, 0.29) is 11.8 Å². The average molecular weight is 243 g/mol. The average Bonchev–Trinajstić information content (AvgIpc) is 2.43. The third-order valence-electron chi connectivity index (χ3n) is 2.84. The molecule has 0 aliphatic heterocycles. The van der Waals surface area contributed by atoms with Crippen molar-refractivity contribution in [2.75, 3.05) is 13.1 Å². The molecule has 3 N–H and O–H groups in total. The number of hydrogen-bond donors (Lipinski definition) is 2. The maximum absolute atomic E-state index is 11.9. The molecule has 0 spiro atoms. The number of hydrogen-bond acceptors (Lipinski definition) is 3. The molecular formula is C14H17N3O. The third kappa shape index (κ3) is 2.84. The lowest BCUT2D eigenvalue weighted by Gasteiger charge is -2.09. The van der Waals surface area contributed by atoms with Crippen molar-refractivity contribution in [1.29, 1.82) is 0 Å². The van der Waals surface area contributed by atoms with Gasteiger partial charge < -0.3 is 11.1 Å². The number of rotatable bonds is 4. The van der Waals surface area contributed by atoms with E-state index in [2.05, 4.69) is 10.3 Å². The molecule has 0 bridgehead atoms. The van der Waals surface area contributed by atoms with E-state index in [9.17, 15) is 4.79 Å². The van der Waals surface area contributed by atoms with Gasteiger partial charge in [0.2, 0.25) is 0 Å². The van der Waals surface area contributed by atoms with Gasteiger partial charge in [-0.2, -0.15) is 0 Å². The van der Waals surface area contributed by atoms with E-state index in [1.165, 1.54) is 0 Å². The van der Waals surface area contributed by atoms with Crippen molar-refractivity contribution in [3.63, 3.8) is 0 Å². The second kappa shape index (κ2) is 5.60. The first-order valence-corrected chi connectivity index (χ1v) is 6.05. The molecule has 0 aliphatic rings. The smallest absolute Gasteiger partial charge is 0.269 e. The molecule has 94 valence electrons. The first-order valence-electron chi connectivity index (χ1n) is 6.05. The van der Waals surface area contributed by atoms with Gasteiger partial charge in [0.15, 0.2) is 0 Å². The van der Waals surface area contributed by atoms with Crippen LogP contribution in [0.3, 0.4) is 0 Å². The summed E-state index contributed by atoms with van der Waals surface area (Å²) < 4.78 is 0. The van der Waals surface area contributed by atoms with Crippen LogP contribution in [-0.4, -0.2) is 24.0 Å². The summed E-state index contributed by atoms with van der Waals surface area (Å²) in [5.74, 6) is 0.121. The molecule has 4 heteroatoms. The van der Waals surface area contributed by atoms with Gasteiger partial charge in [-0.15, -0.1) is 0 Å². The summed E-state index contributed by atoms with van der Waals surface area (Å²) in [5.41, 5.74) is 6.78. The van der Waals surface area contributed by atoms with E-state index in [4.69, 9.17) is 5.73 Å². The Labute approximate surface area is 106 Å². The Bertz CT molecular complexity index is 553. The van der Waals surface area contributed by atoms with E-state index in [1.807, 2.05) is 37.3 Å². The number of amides is 1. The third-order valence-corrected chi connectivity index (χ3v) is 2.84. The molecule has 1 unspecified atom stereocenters. The van der Waals surface area contributed by atoms with Gasteiger partial charge in [0.1, 0.15) is 5.69 Å². The normalized spacial score (nSPS) is 12.3. The summed E-state index contributed by atoms with van der Waals surface area (Å²) in [6.45, 7) is 3.13. The predicted octanol–water partition coefficient (Wildman–Crippen LogP) is 1.56. The molecule has 2 rings (SSSR count). The van der Waals surface area contributed by atoms with Crippen molar-refractivity contribution >= 4 is 16.8 Å². The van der Waals surface area contributed by atoms with Crippen molar-refractivity contribution in [3.05, 3.63) is 42.1 Å². The molecule has 1 amide bonds. The zero-order valence-corrected chi connectivity index (χ0v) is 10.4. The Morgan fingerprint density at radius 3 is 2.89 bits per heavy atom. The first kappa shape index (κ1) is 12.5. The van der Waals surface area contributed by atoms with Crippen LogP contribution >= 0.6 is 0 Å². The van der Waals surface area contributed by atoms with Crippen LogP contribution in [0.15, 0.2) is 36.4 Å². The molecule has 0 fully saturated rings. The van der Waals surface area contributed by atoms with Gasteiger partial charge >= 0.3 is 0 Å². The number of nitrogens with zero attached hydrogens (tertiary/aromatic N) is 1. The Balaban J connectivity index is 2.13.